The second-order valence-corrected chi connectivity index (χ2v) is 14.2. The van der Waals surface area contributed by atoms with Gasteiger partial charge < -0.3 is 19.4 Å². The predicted octanol–water partition coefficient (Wildman–Crippen LogP) is 5.96. The number of anilines is 2. The summed E-state index contributed by atoms with van der Waals surface area (Å²) in [7, 11) is -3.06. The molecule has 0 spiro atoms. The zero-order chi connectivity index (χ0) is 31.5. The Morgan fingerprint density at radius 2 is 1.65 bits per heavy atom. The van der Waals surface area contributed by atoms with E-state index in [1.54, 1.807) is 26.2 Å². The molecule has 2 aliphatic rings. The summed E-state index contributed by atoms with van der Waals surface area (Å²) >= 11 is 6.13. The smallest absolute Gasteiger partial charge is 0.416 e. The number of sulfone groups is 1. The van der Waals surface area contributed by atoms with Crippen molar-refractivity contribution in [2.45, 2.75) is 90.3 Å². The average molecular weight is 646 g/mol. The van der Waals surface area contributed by atoms with Crippen molar-refractivity contribution in [1.82, 2.24) is 14.9 Å². The van der Waals surface area contributed by atoms with E-state index >= 15 is 0 Å². The highest BCUT2D eigenvalue weighted by molar-refractivity contribution is 7.91. The number of halogens is 4. The molecule has 2 aromatic rings. The van der Waals surface area contributed by atoms with E-state index < -0.39 is 21.6 Å². The van der Waals surface area contributed by atoms with Gasteiger partial charge in [0.2, 0.25) is 5.95 Å². The number of hydrogen-bond donors (Lipinski definition) is 0. The van der Waals surface area contributed by atoms with Crippen molar-refractivity contribution in [1.29, 1.82) is 0 Å². The molecular formula is C29H39ClF3N5O4S. The minimum absolute atomic E-state index is 0.0230. The van der Waals surface area contributed by atoms with Gasteiger partial charge in [-0.2, -0.15) is 13.2 Å². The molecule has 2 fully saturated rings. The van der Waals surface area contributed by atoms with Gasteiger partial charge in [-0.1, -0.05) is 25.4 Å². The lowest BCUT2D eigenvalue weighted by Gasteiger charge is -2.47. The van der Waals surface area contributed by atoms with Crippen molar-refractivity contribution < 1.29 is 31.1 Å². The van der Waals surface area contributed by atoms with E-state index in [2.05, 4.69) is 9.97 Å². The Morgan fingerprint density at radius 1 is 1.07 bits per heavy atom. The fourth-order valence-electron chi connectivity index (χ4n) is 5.85. The summed E-state index contributed by atoms with van der Waals surface area (Å²) in [4.78, 5) is 27.9. The van der Waals surface area contributed by atoms with E-state index in [0.717, 1.165) is 12.1 Å². The van der Waals surface area contributed by atoms with Crippen LogP contribution in [-0.2, 0) is 27.3 Å². The molecule has 238 valence electrons. The zero-order valence-electron chi connectivity index (χ0n) is 24.8. The Labute approximate surface area is 256 Å². The normalized spacial score (nSPS) is 22.5. The molecule has 43 heavy (non-hydrogen) atoms. The van der Waals surface area contributed by atoms with E-state index in [9.17, 15) is 26.4 Å². The van der Waals surface area contributed by atoms with Crippen LogP contribution in [-0.4, -0.2) is 78.2 Å². The summed E-state index contributed by atoms with van der Waals surface area (Å²) in [5.41, 5.74) is 0.191. The van der Waals surface area contributed by atoms with Crippen LogP contribution in [0, 0.1) is 0 Å². The number of likely N-dealkylation sites (tertiary alicyclic amines) is 1. The third kappa shape index (κ3) is 8.23. The van der Waals surface area contributed by atoms with Crippen molar-refractivity contribution >= 4 is 39.2 Å². The lowest BCUT2D eigenvalue weighted by molar-refractivity contribution is -0.137. The van der Waals surface area contributed by atoms with Crippen molar-refractivity contribution in [3.05, 3.63) is 46.7 Å². The molecule has 1 amide bonds. The van der Waals surface area contributed by atoms with Gasteiger partial charge >= 0.3 is 12.3 Å². The van der Waals surface area contributed by atoms with Gasteiger partial charge in [0.1, 0.15) is 0 Å². The highest BCUT2D eigenvalue weighted by Gasteiger charge is 2.41. The third-order valence-corrected chi connectivity index (χ3v) is 9.86. The summed E-state index contributed by atoms with van der Waals surface area (Å²) < 4.78 is 70.2. The van der Waals surface area contributed by atoms with Crippen LogP contribution in [0.15, 0.2) is 30.6 Å². The molecule has 4 rings (SSSR count). The SMILES string of the molecule is CC[C@@H]1CC(N(Cc2cc(Cl)cc(C(F)(F)F)c2)c2ncc(N3CCS(=O)(=O)CC3)cn2)C[C@H](CC)N1C(=O)OC(C)C. The van der Waals surface area contributed by atoms with E-state index in [0.29, 0.717) is 56.0 Å². The highest BCUT2D eigenvalue weighted by atomic mass is 35.5. The van der Waals surface area contributed by atoms with Crippen LogP contribution in [0.3, 0.4) is 0 Å². The largest absolute Gasteiger partial charge is 0.447 e. The maximum atomic E-state index is 13.6. The molecule has 1 unspecified atom stereocenters. The van der Waals surface area contributed by atoms with Crippen LogP contribution < -0.4 is 9.80 Å². The van der Waals surface area contributed by atoms with Gasteiger partial charge in [0.15, 0.2) is 9.84 Å². The van der Waals surface area contributed by atoms with Crippen LogP contribution in [0.4, 0.5) is 29.6 Å². The van der Waals surface area contributed by atoms with Crippen LogP contribution >= 0.6 is 11.6 Å². The summed E-state index contributed by atoms with van der Waals surface area (Å²) in [6.07, 6.45) is 0.466. The van der Waals surface area contributed by atoms with E-state index in [4.69, 9.17) is 16.3 Å². The minimum atomic E-state index is -4.56. The predicted molar refractivity (Wildman–Crippen MR) is 160 cm³/mol. The number of piperidine rings is 1. The first-order chi connectivity index (χ1) is 20.2. The third-order valence-electron chi connectivity index (χ3n) is 8.03. The molecule has 3 heterocycles. The number of aromatic nitrogens is 2. The molecule has 0 saturated carbocycles. The van der Waals surface area contributed by atoms with Gasteiger partial charge in [0.05, 0.1) is 41.3 Å². The van der Waals surface area contributed by atoms with Crippen LogP contribution in [0.25, 0.3) is 0 Å². The first-order valence-electron chi connectivity index (χ1n) is 14.6. The summed E-state index contributed by atoms with van der Waals surface area (Å²) in [6.45, 7) is 8.33. The topological polar surface area (TPSA) is 95.9 Å². The van der Waals surface area contributed by atoms with E-state index in [1.807, 2.05) is 28.5 Å². The van der Waals surface area contributed by atoms with Crippen LogP contribution in [0.5, 0.6) is 0 Å². The standard InChI is InChI=1S/C29H39ClF3N5O4S/c1-5-23-14-25(15-24(6-2)38(23)28(39)42-19(3)4)37(18-20-11-21(29(31,32)33)13-22(30)12-20)27-34-16-26(17-35-27)36-7-9-43(40,41)10-8-36/h11-13,16-17,19,23-25H,5-10,14-15,18H2,1-4H3/t23-,24+,25?. The minimum Gasteiger partial charge on any atom is -0.447 e. The lowest BCUT2D eigenvalue weighted by atomic mass is 9.87. The molecular weight excluding hydrogens is 607 g/mol. The molecule has 0 N–H and O–H groups in total. The second-order valence-electron chi connectivity index (χ2n) is 11.4. The molecule has 3 atom stereocenters. The Kier molecular flexibility index (Phi) is 10.4. The lowest BCUT2D eigenvalue weighted by Crippen LogP contribution is -2.57. The van der Waals surface area contributed by atoms with Gasteiger partial charge in [-0.25, -0.2) is 23.2 Å². The number of hydrogen-bond acceptors (Lipinski definition) is 8. The summed E-state index contributed by atoms with van der Waals surface area (Å²) in [5, 5.41) is -0.0230. The van der Waals surface area contributed by atoms with Gasteiger partial charge in [-0.15, -0.1) is 0 Å². The highest BCUT2D eigenvalue weighted by Crippen LogP contribution is 2.36. The maximum absolute atomic E-state index is 13.6. The van der Waals surface area contributed by atoms with Crippen LogP contribution in [0.2, 0.25) is 5.02 Å². The number of alkyl halides is 3. The molecule has 9 nitrogen and oxygen atoms in total. The summed E-state index contributed by atoms with van der Waals surface area (Å²) in [5.74, 6) is 0.423. The van der Waals surface area contributed by atoms with Gasteiger partial charge in [-0.05, 0) is 63.3 Å². The first kappa shape index (κ1) is 33.1. The monoisotopic (exact) mass is 645 g/mol. The molecule has 0 aliphatic carbocycles. The number of rotatable bonds is 8. The van der Waals surface area contributed by atoms with E-state index in [-0.39, 0.29) is 53.4 Å². The van der Waals surface area contributed by atoms with Crippen molar-refractivity contribution in [3.8, 4) is 0 Å². The molecule has 1 aromatic carbocycles. The van der Waals surface area contributed by atoms with Crippen molar-refractivity contribution in [3.63, 3.8) is 0 Å². The van der Waals surface area contributed by atoms with Gasteiger partial charge in [0, 0.05) is 42.8 Å². The molecule has 2 saturated heterocycles. The molecule has 0 bridgehead atoms. The van der Waals surface area contributed by atoms with Gasteiger partial charge in [-0.3, -0.25) is 0 Å². The maximum Gasteiger partial charge on any atom is 0.416 e. The molecule has 0 radical (unpaired) electrons. The zero-order valence-corrected chi connectivity index (χ0v) is 26.4. The number of ether oxygens (including phenoxy) is 1. The second kappa shape index (κ2) is 13.5. The molecule has 2 aliphatic heterocycles. The summed E-state index contributed by atoms with van der Waals surface area (Å²) in [6, 6.07) is 2.99. The molecule has 1 aromatic heterocycles. The number of benzene rings is 1. The Morgan fingerprint density at radius 3 is 2.16 bits per heavy atom. The fraction of sp³-hybridized carbons (Fsp3) is 0.621. The van der Waals surface area contributed by atoms with Crippen LogP contribution in [0.1, 0.15) is 64.5 Å². The number of amides is 1. The quantitative estimate of drug-likeness (QED) is 0.347. The van der Waals surface area contributed by atoms with Crippen molar-refractivity contribution in [2.75, 3.05) is 34.4 Å². The Hall–Kier alpha value is -2.80. The molecule has 14 heteroatoms. The first-order valence-corrected chi connectivity index (χ1v) is 16.8. The number of carbonyl (C=O) groups excluding carboxylic acids is 1. The van der Waals surface area contributed by atoms with Gasteiger partial charge in [0.25, 0.3) is 0 Å². The average Bonchev–Trinajstić information content (AvgIpc) is 2.94. The fourth-order valence-corrected chi connectivity index (χ4v) is 7.31. The van der Waals surface area contributed by atoms with Crippen molar-refractivity contribution in [2.24, 2.45) is 0 Å². The van der Waals surface area contributed by atoms with E-state index in [1.165, 1.54) is 6.07 Å². The number of carbonyl (C=O) groups is 1. The Balaban J connectivity index is 1.68. The number of nitrogens with zero attached hydrogens (tertiary/aromatic N) is 5. The Bertz CT molecular complexity index is 1350.